The average molecular weight is 490 g/mol. The second-order valence-corrected chi connectivity index (χ2v) is 9.51. The predicted molar refractivity (Wildman–Crippen MR) is 134 cm³/mol. The molecule has 2 aromatic carbocycles. The molecule has 1 aliphatic rings. The summed E-state index contributed by atoms with van der Waals surface area (Å²) < 4.78 is 1.16. The molecule has 0 spiro atoms. The monoisotopic (exact) mass is 488 g/mol. The van der Waals surface area contributed by atoms with Crippen LogP contribution in [-0.4, -0.2) is 17.8 Å². The van der Waals surface area contributed by atoms with Gasteiger partial charge >= 0.3 is 200 Å². The number of nitrogens with zero attached hydrogens (tertiary/aromatic N) is 2. The normalized spacial score (nSPS) is 14.2. The van der Waals surface area contributed by atoms with E-state index in [-0.39, 0.29) is 0 Å². The van der Waals surface area contributed by atoms with Gasteiger partial charge in [-0.05, 0) is 0 Å². The van der Waals surface area contributed by atoms with Crippen LogP contribution in [-0.2, 0) is 39.3 Å². The van der Waals surface area contributed by atoms with Crippen LogP contribution in [0.5, 0.6) is 0 Å². The fraction of sp³-hybridized carbons (Fsp3) is 0.519. The van der Waals surface area contributed by atoms with Crippen LogP contribution in [0.3, 0.4) is 0 Å². The van der Waals surface area contributed by atoms with E-state index < -0.39 is 0 Å². The Labute approximate surface area is 199 Å². The molecule has 1 fully saturated rings. The summed E-state index contributed by atoms with van der Waals surface area (Å²) in [7, 11) is 6.60. The van der Waals surface area contributed by atoms with Crippen LogP contribution in [0.15, 0.2) is 36.4 Å². The van der Waals surface area contributed by atoms with Gasteiger partial charge in [-0.15, -0.1) is 0 Å². The third-order valence-corrected chi connectivity index (χ3v) is 7.11. The minimum atomic E-state index is 0.982. The van der Waals surface area contributed by atoms with Crippen LogP contribution in [0.1, 0.15) is 75.6 Å². The van der Waals surface area contributed by atoms with Gasteiger partial charge in [0.1, 0.15) is 0 Å². The molecule has 1 saturated heterocycles. The second kappa shape index (κ2) is 12.1. The Hall–Kier alpha value is -1.28. The van der Waals surface area contributed by atoms with Gasteiger partial charge in [0.15, 0.2) is 0 Å². The van der Waals surface area contributed by atoms with E-state index in [0.29, 0.717) is 0 Å². The number of anilines is 2. The van der Waals surface area contributed by atoms with Gasteiger partial charge in [0, 0.05) is 0 Å². The number of para-hydroxylation sites is 2. The van der Waals surface area contributed by atoms with E-state index in [9.17, 15) is 0 Å². The Bertz CT molecular complexity index is 775. The topological polar surface area (TPSA) is 6.48 Å². The van der Waals surface area contributed by atoms with Crippen molar-refractivity contribution in [2.75, 3.05) is 22.9 Å². The molecule has 0 atom stereocenters. The Morgan fingerprint density at radius 2 is 0.968 bits per heavy atom. The second-order valence-electron chi connectivity index (χ2n) is 8.44. The summed E-state index contributed by atoms with van der Waals surface area (Å²) in [6, 6.07) is 13.7. The van der Waals surface area contributed by atoms with E-state index in [2.05, 4.69) is 73.9 Å². The number of hydrogen-bond donors (Lipinski definition) is 0. The van der Waals surface area contributed by atoms with E-state index in [1.807, 2.05) is 0 Å². The number of benzene rings is 2. The van der Waals surface area contributed by atoms with Gasteiger partial charge in [0.2, 0.25) is 0 Å². The summed E-state index contributed by atoms with van der Waals surface area (Å²) in [5, 5.41) is 0. The fourth-order valence-electron chi connectivity index (χ4n) is 4.83. The van der Waals surface area contributed by atoms with Gasteiger partial charge in [0.05, 0.1) is 0 Å². The molecule has 4 heteroatoms. The molecule has 0 N–H and O–H groups in total. The fourth-order valence-corrected chi connectivity index (χ4v) is 5.95. The van der Waals surface area contributed by atoms with Crippen molar-refractivity contribution < 1.29 is 13.6 Å². The van der Waals surface area contributed by atoms with Crippen LogP contribution < -0.4 is 9.80 Å². The van der Waals surface area contributed by atoms with Crippen molar-refractivity contribution in [3.63, 3.8) is 0 Å². The summed E-state index contributed by atoms with van der Waals surface area (Å²) in [6.45, 7) is 11.0. The molecule has 0 radical (unpaired) electrons. The SMILES string of the molecule is CCCc1cccc(CCC)c1N1CCN(c2c(CCC)cccc2CCC)[C]1=[Cu][Cl]. The first-order valence-electron chi connectivity index (χ1n) is 12.0. The van der Waals surface area contributed by atoms with Gasteiger partial charge in [-0.25, -0.2) is 0 Å². The molecular formula is C27H38ClCuN2. The number of rotatable bonds is 10. The summed E-state index contributed by atoms with van der Waals surface area (Å²) in [5.41, 5.74) is 8.61. The van der Waals surface area contributed by atoms with Crippen molar-refractivity contribution in [2.24, 2.45) is 0 Å². The number of halogens is 1. The van der Waals surface area contributed by atoms with Gasteiger partial charge < -0.3 is 0 Å². The van der Waals surface area contributed by atoms with Crippen molar-refractivity contribution in [2.45, 2.75) is 79.1 Å². The Kier molecular flexibility index (Phi) is 9.50. The molecular weight excluding hydrogens is 451 g/mol. The molecule has 1 heterocycles. The van der Waals surface area contributed by atoms with Gasteiger partial charge in [-0.2, -0.15) is 0 Å². The van der Waals surface area contributed by atoms with Crippen LogP contribution in [0.4, 0.5) is 11.4 Å². The summed E-state index contributed by atoms with van der Waals surface area (Å²) >= 11 is 1.49. The molecule has 1 aliphatic heterocycles. The number of hydrogen-bond acceptors (Lipinski definition) is 2. The third-order valence-electron chi connectivity index (χ3n) is 6.03. The van der Waals surface area contributed by atoms with Crippen LogP contribution in [0, 0.1) is 0 Å². The molecule has 31 heavy (non-hydrogen) atoms. The van der Waals surface area contributed by atoms with E-state index >= 15 is 0 Å². The molecule has 0 unspecified atom stereocenters. The predicted octanol–water partition coefficient (Wildman–Crippen LogP) is 7.15. The quantitative estimate of drug-likeness (QED) is 0.327. The molecule has 0 saturated carbocycles. The van der Waals surface area contributed by atoms with Gasteiger partial charge in [-0.3, -0.25) is 0 Å². The Morgan fingerprint density at radius 3 is 1.23 bits per heavy atom. The van der Waals surface area contributed by atoms with Crippen LogP contribution >= 0.6 is 10.1 Å². The van der Waals surface area contributed by atoms with Crippen molar-refractivity contribution in [1.82, 2.24) is 0 Å². The molecule has 2 nitrogen and oxygen atoms in total. The van der Waals surface area contributed by atoms with Crippen molar-refractivity contribution in [3.05, 3.63) is 58.7 Å². The zero-order valence-corrected chi connectivity index (χ0v) is 21.3. The molecule has 2 aromatic rings. The molecule has 174 valence electrons. The molecule has 0 bridgehead atoms. The average Bonchev–Trinajstić information content (AvgIpc) is 3.18. The van der Waals surface area contributed by atoms with E-state index in [1.165, 1.54) is 47.2 Å². The molecule has 3 rings (SSSR count). The minimum absolute atomic E-state index is 0.982. The van der Waals surface area contributed by atoms with E-state index in [0.717, 1.165) is 69.1 Å². The Balaban J connectivity index is 2.08. The number of aryl methyl sites for hydroxylation is 4. The summed E-state index contributed by atoms with van der Waals surface area (Å²) in [5.74, 6) is 0. The van der Waals surface area contributed by atoms with Crippen molar-refractivity contribution in [3.8, 4) is 0 Å². The Morgan fingerprint density at radius 1 is 0.645 bits per heavy atom. The molecule has 0 aromatic heterocycles. The zero-order valence-electron chi connectivity index (χ0n) is 19.6. The zero-order chi connectivity index (χ0) is 22.2. The molecule has 0 aliphatic carbocycles. The third kappa shape index (κ3) is 5.38. The van der Waals surface area contributed by atoms with Gasteiger partial charge in [0.25, 0.3) is 0 Å². The van der Waals surface area contributed by atoms with Crippen LogP contribution in [0.2, 0.25) is 0 Å². The van der Waals surface area contributed by atoms with Crippen LogP contribution in [0.25, 0.3) is 0 Å². The van der Waals surface area contributed by atoms with E-state index in [1.54, 1.807) is 0 Å². The first-order valence-corrected chi connectivity index (χ1v) is 13.8. The van der Waals surface area contributed by atoms with Gasteiger partial charge in [-0.1, -0.05) is 0 Å². The standard InChI is InChI=1S/C27H38N2.ClH.Cu/c1-5-11-22-15-9-16-23(12-6-2)26(22)28-19-20-29(21-28)27-24(13-7-3)17-10-18-25(27)14-8-4;;/h9-10,15-18H,5-8,11-14,19-20H2,1-4H3;1H;/q;;+1/p-1. The maximum atomic E-state index is 6.60. The van der Waals surface area contributed by atoms with Crippen molar-refractivity contribution in [1.29, 1.82) is 0 Å². The summed E-state index contributed by atoms with van der Waals surface area (Å²) in [6.07, 6.45) is 9.05. The van der Waals surface area contributed by atoms with E-state index in [4.69, 9.17) is 10.1 Å². The first-order chi connectivity index (χ1) is 15.2. The van der Waals surface area contributed by atoms with Crippen molar-refractivity contribution >= 4 is 26.1 Å². The summed E-state index contributed by atoms with van der Waals surface area (Å²) in [4.78, 5) is 5.00. The maximum absolute atomic E-state index is 6.60. The first kappa shape index (κ1) is 24.4. The molecule has 0 amide bonds.